The fraction of sp³-hybridized carbons (Fsp3) is 0.696. The third-order valence-corrected chi connectivity index (χ3v) is 5.89. The van der Waals surface area contributed by atoms with Crippen molar-refractivity contribution in [1.82, 2.24) is 15.1 Å². The van der Waals surface area contributed by atoms with Crippen LogP contribution in [0.4, 0.5) is 5.69 Å². The van der Waals surface area contributed by atoms with Gasteiger partial charge in [-0.3, -0.25) is 9.89 Å². The Morgan fingerprint density at radius 2 is 1.97 bits per heavy atom. The second-order valence-electron chi connectivity index (χ2n) is 8.22. The van der Waals surface area contributed by atoms with Gasteiger partial charge in [-0.2, -0.15) is 0 Å². The minimum absolute atomic E-state index is 0.637. The molecule has 1 unspecified atom stereocenters. The molecule has 3 rings (SSSR count). The van der Waals surface area contributed by atoms with Crippen molar-refractivity contribution < 1.29 is 4.74 Å². The molecule has 0 spiro atoms. The number of piperazine rings is 1. The summed E-state index contributed by atoms with van der Waals surface area (Å²) in [6, 6.07) is 10.8. The predicted octanol–water partition coefficient (Wildman–Crippen LogP) is 2.52. The quantitative estimate of drug-likeness (QED) is 0.391. The zero-order valence-electron chi connectivity index (χ0n) is 18.4. The van der Waals surface area contributed by atoms with Gasteiger partial charge in [0, 0.05) is 71.1 Å². The molecular weight excluding hydrogens is 362 g/mol. The third-order valence-electron chi connectivity index (χ3n) is 5.89. The topological polar surface area (TPSA) is 43.3 Å². The van der Waals surface area contributed by atoms with Crippen LogP contribution in [0.25, 0.3) is 0 Å². The van der Waals surface area contributed by atoms with Crippen LogP contribution < -0.4 is 10.2 Å². The van der Waals surface area contributed by atoms with Gasteiger partial charge in [-0.05, 0) is 44.9 Å². The molecule has 0 radical (unpaired) electrons. The average molecular weight is 402 g/mol. The molecule has 1 N–H and O–H groups in total. The fourth-order valence-electron chi connectivity index (χ4n) is 4.17. The van der Waals surface area contributed by atoms with E-state index in [2.05, 4.69) is 64.3 Å². The van der Waals surface area contributed by atoms with Gasteiger partial charge in [0.25, 0.3) is 0 Å². The normalized spacial score (nSPS) is 20.8. The van der Waals surface area contributed by atoms with Crippen molar-refractivity contribution >= 4 is 11.6 Å². The summed E-state index contributed by atoms with van der Waals surface area (Å²) in [7, 11) is 2.14. The number of guanidine groups is 1. The molecule has 1 atom stereocenters. The van der Waals surface area contributed by atoms with Crippen LogP contribution in [0.1, 0.15) is 26.2 Å². The highest BCUT2D eigenvalue weighted by Crippen LogP contribution is 2.16. The van der Waals surface area contributed by atoms with Gasteiger partial charge in [0.05, 0.1) is 6.61 Å². The van der Waals surface area contributed by atoms with E-state index in [9.17, 15) is 0 Å². The summed E-state index contributed by atoms with van der Waals surface area (Å²) in [4.78, 5) is 12.2. The molecule has 2 heterocycles. The Morgan fingerprint density at radius 3 is 2.66 bits per heavy atom. The van der Waals surface area contributed by atoms with E-state index in [0.29, 0.717) is 5.92 Å². The molecule has 0 aliphatic carbocycles. The molecule has 2 fully saturated rings. The summed E-state index contributed by atoms with van der Waals surface area (Å²) in [6.07, 6.45) is 3.53. The largest absolute Gasteiger partial charge is 0.381 e. The lowest BCUT2D eigenvalue weighted by atomic mass is 10.1. The highest BCUT2D eigenvalue weighted by atomic mass is 16.5. The van der Waals surface area contributed by atoms with Crippen LogP contribution in [0, 0.1) is 5.92 Å². The monoisotopic (exact) mass is 401 g/mol. The number of anilines is 1. The first kappa shape index (κ1) is 21.9. The summed E-state index contributed by atoms with van der Waals surface area (Å²) in [5.74, 6) is 1.68. The van der Waals surface area contributed by atoms with Gasteiger partial charge in [0.1, 0.15) is 0 Å². The number of unbranched alkanes of at least 4 members (excludes halogenated alkanes) is 1. The lowest BCUT2D eigenvalue weighted by Crippen LogP contribution is -2.46. The van der Waals surface area contributed by atoms with Gasteiger partial charge in [0.2, 0.25) is 0 Å². The smallest absolute Gasteiger partial charge is 0.193 e. The molecule has 0 bridgehead atoms. The fourth-order valence-corrected chi connectivity index (χ4v) is 4.17. The first-order chi connectivity index (χ1) is 14.3. The van der Waals surface area contributed by atoms with Gasteiger partial charge in [-0.15, -0.1) is 0 Å². The van der Waals surface area contributed by atoms with Gasteiger partial charge >= 0.3 is 0 Å². The molecule has 2 aliphatic heterocycles. The molecule has 6 heteroatoms. The zero-order valence-corrected chi connectivity index (χ0v) is 18.4. The summed E-state index contributed by atoms with van der Waals surface area (Å²) in [6.45, 7) is 12.5. The lowest BCUT2D eigenvalue weighted by Gasteiger charge is -2.36. The predicted molar refractivity (Wildman–Crippen MR) is 122 cm³/mol. The maximum atomic E-state index is 5.51. The molecule has 6 nitrogen and oxygen atoms in total. The summed E-state index contributed by atoms with van der Waals surface area (Å²) < 4.78 is 5.51. The Labute approximate surface area is 176 Å². The maximum absolute atomic E-state index is 5.51. The first-order valence-electron chi connectivity index (χ1n) is 11.4. The number of benzene rings is 1. The van der Waals surface area contributed by atoms with Crippen molar-refractivity contribution in [3.8, 4) is 0 Å². The second-order valence-corrected chi connectivity index (χ2v) is 8.22. The van der Waals surface area contributed by atoms with E-state index in [4.69, 9.17) is 9.73 Å². The SMILES string of the molecule is CCNC(=NCCCCN1CCN(c2ccccc2)CC1)N(C)CC1CCOC1. The van der Waals surface area contributed by atoms with E-state index < -0.39 is 0 Å². The van der Waals surface area contributed by atoms with E-state index in [0.717, 1.165) is 71.4 Å². The van der Waals surface area contributed by atoms with Crippen LogP contribution in [-0.2, 0) is 4.74 Å². The summed E-state index contributed by atoms with van der Waals surface area (Å²) in [5.41, 5.74) is 1.35. The molecule has 0 amide bonds. The highest BCUT2D eigenvalue weighted by molar-refractivity contribution is 5.79. The minimum atomic E-state index is 0.637. The number of nitrogens with one attached hydrogen (secondary N) is 1. The molecule has 1 aromatic rings. The van der Waals surface area contributed by atoms with Crippen LogP contribution in [0.15, 0.2) is 35.3 Å². The number of para-hydroxylation sites is 1. The molecule has 162 valence electrons. The van der Waals surface area contributed by atoms with Gasteiger partial charge < -0.3 is 19.9 Å². The van der Waals surface area contributed by atoms with E-state index in [1.807, 2.05) is 0 Å². The molecule has 0 saturated carbocycles. The standard InChI is InChI=1S/C23H39N5O/c1-3-24-23(26(2)19-21-11-18-29-20-21)25-12-7-8-13-27-14-16-28(17-15-27)22-9-5-4-6-10-22/h4-6,9-10,21H,3,7-8,11-20H2,1-2H3,(H,24,25). The van der Waals surface area contributed by atoms with Crippen molar-refractivity contribution in [2.24, 2.45) is 10.9 Å². The van der Waals surface area contributed by atoms with Gasteiger partial charge in [-0.1, -0.05) is 18.2 Å². The molecular formula is C23H39N5O. The van der Waals surface area contributed by atoms with Crippen LogP contribution in [0.3, 0.4) is 0 Å². The van der Waals surface area contributed by atoms with Gasteiger partial charge in [-0.25, -0.2) is 0 Å². The summed E-state index contributed by atoms with van der Waals surface area (Å²) >= 11 is 0. The van der Waals surface area contributed by atoms with Crippen molar-refractivity contribution in [3.05, 3.63) is 30.3 Å². The van der Waals surface area contributed by atoms with Crippen molar-refractivity contribution in [2.45, 2.75) is 26.2 Å². The van der Waals surface area contributed by atoms with Crippen molar-refractivity contribution in [2.75, 3.05) is 77.5 Å². The molecule has 2 aliphatic rings. The number of aliphatic imine (C=N–C) groups is 1. The van der Waals surface area contributed by atoms with E-state index in [1.54, 1.807) is 0 Å². The van der Waals surface area contributed by atoms with E-state index in [1.165, 1.54) is 25.1 Å². The Kier molecular flexibility index (Phi) is 9.09. The van der Waals surface area contributed by atoms with Crippen molar-refractivity contribution in [3.63, 3.8) is 0 Å². The lowest BCUT2D eigenvalue weighted by molar-refractivity contribution is 0.181. The van der Waals surface area contributed by atoms with Crippen LogP contribution in [0.5, 0.6) is 0 Å². The van der Waals surface area contributed by atoms with Crippen LogP contribution >= 0.6 is 0 Å². The summed E-state index contributed by atoms with van der Waals surface area (Å²) in [5, 5.41) is 3.44. The number of ether oxygens (including phenoxy) is 1. The Hall–Kier alpha value is -1.79. The van der Waals surface area contributed by atoms with Gasteiger partial charge in [0.15, 0.2) is 5.96 Å². The highest BCUT2D eigenvalue weighted by Gasteiger charge is 2.19. The second kappa shape index (κ2) is 12.0. The molecule has 0 aromatic heterocycles. The maximum Gasteiger partial charge on any atom is 0.193 e. The third kappa shape index (κ3) is 7.19. The zero-order chi connectivity index (χ0) is 20.3. The Balaban J connectivity index is 1.32. The number of hydrogen-bond acceptors (Lipinski definition) is 4. The molecule has 1 aromatic carbocycles. The van der Waals surface area contributed by atoms with E-state index in [-0.39, 0.29) is 0 Å². The Bertz CT molecular complexity index is 595. The van der Waals surface area contributed by atoms with Crippen LogP contribution in [-0.4, -0.2) is 88.4 Å². The van der Waals surface area contributed by atoms with Crippen LogP contribution in [0.2, 0.25) is 0 Å². The van der Waals surface area contributed by atoms with E-state index >= 15 is 0 Å². The first-order valence-corrected chi connectivity index (χ1v) is 11.4. The number of hydrogen-bond donors (Lipinski definition) is 1. The number of nitrogens with zero attached hydrogens (tertiary/aromatic N) is 4. The minimum Gasteiger partial charge on any atom is -0.381 e. The average Bonchev–Trinajstić information content (AvgIpc) is 3.27. The number of rotatable bonds is 9. The molecule has 2 saturated heterocycles. The molecule has 29 heavy (non-hydrogen) atoms. The Morgan fingerprint density at radius 1 is 1.17 bits per heavy atom. The van der Waals surface area contributed by atoms with Crippen molar-refractivity contribution in [1.29, 1.82) is 0 Å².